The second kappa shape index (κ2) is 8.88. The van der Waals surface area contributed by atoms with Crippen LogP contribution >= 0.6 is 11.6 Å². The molecule has 1 aliphatic rings. The first-order chi connectivity index (χ1) is 14.5. The molecule has 1 aliphatic carbocycles. The highest BCUT2D eigenvalue weighted by Crippen LogP contribution is 2.37. The predicted molar refractivity (Wildman–Crippen MR) is 121 cm³/mol. The average Bonchev–Trinajstić information content (AvgIpc) is 2.77. The Kier molecular flexibility index (Phi) is 6.05. The minimum atomic E-state index is -0.883. The molecule has 4 rings (SSSR count). The van der Waals surface area contributed by atoms with E-state index in [4.69, 9.17) is 11.6 Å². The van der Waals surface area contributed by atoms with Gasteiger partial charge in [-0.15, -0.1) is 0 Å². The molecule has 1 aromatic heterocycles. The zero-order chi connectivity index (χ0) is 21.1. The van der Waals surface area contributed by atoms with Crippen LogP contribution in [0, 0.1) is 0 Å². The second-order valence-electron chi connectivity index (χ2n) is 7.88. The summed E-state index contributed by atoms with van der Waals surface area (Å²) in [6.07, 6.45) is 8.28. The molecule has 1 N–H and O–H groups in total. The monoisotopic (exact) mass is 420 g/mol. The molecule has 5 heteroatoms. The Morgan fingerprint density at radius 3 is 2.70 bits per heavy atom. The summed E-state index contributed by atoms with van der Waals surface area (Å²) in [5, 5.41) is 10.1. The lowest BCUT2D eigenvalue weighted by atomic mass is 9.79. The molecule has 0 spiro atoms. The van der Waals surface area contributed by atoms with E-state index in [9.17, 15) is 9.90 Å². The molecule has 1 heterocycles. The third-order valence-corrected chi connectivity index (χ3v) is 6.31. The molecule has 0 fully saturated rings. The van der Waals surface area contributed by atoms with Gasteiger partial charge in [0.05, 0.1) is 5.56 Å². The first-order valence-corrected chi connectivity index (χ1v) is 10.7. The fourth-order valence-corrected chi connectivity index (χ4v) is 4.51. The van der Waals surface area contributed by atoms with Gasteiger partial charge in [-0.2, -0.15) is 0 Å². The van der Waals surface area contributed by atoms with Crippen LogP contribution in [0.15, 0.2) is 60.9 Å². The number of pyridine rings is 1. The minimum Gasteiger partial charge on any atom is -0.478 e. The number of halogens is 1. The number of carboxylic acids is 1. The number of rotatable bonds is 6. The molecule has 2 aromatic carbocycles. The molecule has 30 heavy (non-hydrogen) atoms. The van der Waals surface area contributed by atoms with Crippen molar-refractivity contribution in [3.63, 3.8) is 0 Å². The highest BCUT2D eigenvalue weighted by molar-refractivity contribution is 6.30. The van der Waals surface area contributed by atoms with E-state index in [-0.39, 0.29) is 0 Å². The Morgan fingerprint density at radius 1 is 1.17 bits per heavy atom. The van der Waals surface area contributed by atoms with Crippen LogP contribution < -0.4 is 4.90 Å². The van der Waals surface area contributed by atoms with Crippen LogP contribution in [0.2, 0.25) is 5.02 Å². The second-order valence-corrected chi connectivity index (χ2v) is 8.32. The maximum atomic E-state index is 11.5. The highest BCUT2D eigenvalue weighted by atomic mass is 35.5. The van der Waals surface area contributed by atoms with Gasteiger partial charge in [-0.1, -0.05) is 17.7 Å². The highest BCUT2D eigenvalue weighted by Gasteiger charge is 2.22. The third-order valence-electron chi connectivity index (χ3n) is 6.06. The van der Waals surface area contributed by atoms with Crippen LogP contribution in [-0.2, 0) is 12.8 Å². The van der Waals surface area contributed by atoms with E-state index in [1.807, 2.05) is 24.3 Å². The quantitative estimate of drug-likeness (QED) is 0.511. The summed E-state index contributed by atoms with van der Waals surface area (Å²) >= 11 is 6.02. The van der Waals surface area contributed by atoms with Crippen molar-refractivity contribution >= 4 is 28.9 Å². The van der Waals surface area contributed by atoms with Crippen molar-refractivity contribution in [2.75, 3.05) is 11.9 Å². The van der Waals surface area contributed by atoms with Crippen molar-refractivity contribution in [2.24, 2.45) is 0 Å². The molecule has 4 nitrogen and oxygen atoms in total. The molecule has 0 amide bonds. The number of aromatic carboxylic acids is 1. The molecule has 0 bridgehead atoms. The SMILES string of the molecule is CN(c1ccc(Cl)cc1)c1ccc2c(c1)CCC[C@H]2CCc1cnccc1C(=O)O. The summed E-state index contributed by atoms with van der Waals surface area (Å²) in [5.74, 6) is -0.434. The number of carbonyl (C=O) groups is 1. The van der Waals surface area contributed by atoms with Crippen LogP contribution in [0.3, 0.4) is 0 Å². The topological polar surface area (TPSA) is 53.4 Å². The van der Waals surface area contributed by atoms with Gasteiger partial charge < -0.3 is 10.0 Å². The van der Waals surface area contributed by atoms with Crippen molar-refractivity contribution in [3.05, 3.63) is 88.2 Å². The van der Waals surface area contributed by atoms with Crippen LogP contribution in [0.1, 0.15) is 52.2 Å². The largest absolute Gasteiger partial charge is 0.478 e. The Balaban J connectivity index is 1.52. The molecule has 0 radical (unpaired) electrons. The molecule has 1 atom stereocenters. The summed E-state index contributed by atoms with van der Waals surface area (Å²) < 4.78 is 0. The van der Waals surface area contributed by atoms with Crippen LogP contribution in [0.25, 0.3) is 0 Å². The summed E-state index contributed by atoms with van der Waals surface area (Å²) in [7, 11) is 2.07. The van der Waals surface area contributed by atoms with Gasteiger partial charge in [0.25, 0.3) is 0 Å². The maximum absolute atomic E-state index is 11.5. The van der Waals surface area contributed by atoms with Crippen LogP contribution in [0.4, 0.5) is 11.4 Å². The van der Waals surface area contributed by atoms with Crippen molar-refractivity contribution in [3.8, 4) is 0 Å². The fraction of sp³-hybridized carbons (Fsp3) is 0.280. The molecule has 0 unspecified atom stereocenters. The van der Waals surface area contributed by atoms with Crippen molar-refractivity contribution < 1.29 is 9.90 Å². The summed E-state index contributed by atoms with van der Waals surface area (Å²) in [6.45, 7) is 0. The Hall–Kier alpha value is -2.85. The number of aromatic nitrogens is 1. The molecule has 3 aromatic rings. The van der Waals surface area contributed by atoms with Crippen molar-refractivity contribution in [1.82, 2.24) is 4.98 Å². The standard InChI is InChI=1S/C25H25ClN2O2/c1-28(21-9-7-20(26)8-10-21)22-11-12-23-17(3-2-4-18(23)15-22)5-6-19-16-27-14-13-24(19)25(29)30/h7-17H,2-6H2,1H3,(H,29,30)/t17-/m0/s1. The number of fused-ring (bicyclic) bond motifs is 1. The van der Waals surface area contributed by atoms with Crippen molar-refractivity contribution in [2.45, 2.75) is 38.0 Å². The third kappa shape index (κ3) is 4.34. The lowest BCUT2D eigenvalue weighted by Gasteiger charge is -2.28. The van der Waals surface area contributed by atoms with Gasteiger partial charge in [-0.3, -0.25) is 4.98 Å². The first kappa shape index (κ1) is 20.4. The minimum absolute atomic E-state index is 0.362. The molecule has 0 saturated carbocycles. The lowest BCUT2D eigenvalue weighted by Crippen LogP contribution is -2.14. The molecular formula is C25H25ClN2O2. The number of anilines is 2. The van der Waals surface area contributed by atoms with E-state index in [0.29, 0.717) is 11.5 Å². The Morgan fingerprint density at radius 2 is 1.93 bits per heavy atom. The Labute approximate surface area is 182 Å². The van der Waals surface area contributed by atoms with Crippen LogP contribution in [-0.4, -0.2) is 23.1 Å². The maximum Gasteiger partial charge on any atom is 0.336 e. The zero-order valence-electron chi connectivity index (χ0n) is 17.0. The van der Waals surface area contributed by atoms with Gasteiger partial charge in [0.15, 0.2) is 0 Å². The van der Waals surface area contributed by atoms with Gasteiger partial charge in [0.2, 0.25) is 0 Å². The number of carboxylic acid groups (broad SMARTS) is 1. The fourth-order valence-electron chi connectivity index (χ4n) is 4.39. The molecule has 0 aliphatic heterocycles. The van der Waals surface area contributed by atoms with E-state index in [1.165, 1.54) is 11.1 Å². The van der Waals surface area contributed by atoms with Crippen molar-refractivity contribution in [1.29, 1.82) is 0 Å². The summed E-state index contributed by atoms with van der Waals surface area (Å²) in [5.41, 5.74) is 6.24. The summed E-state index contributed by atoms with van der Waals surface area (Å²) in [4.78, 5) is 17.8. The van der Waals surface area contributed by atoms with E-state index < -0.39 is 5.97 Å². The van der Waals surface area contributed by atoms with E-state index >= 15 is 0 Å². The normalized spacial score (nSPS) is 15.5. The Bertz CT molecular complexity index is 1050. The van der Waals surface area contributed by atoms with E-state index in [1.54, 1.807) is 18.5 Å². The number of benzene rings is 2. The van der Waals surface area contributed by atoms with Gasteiger partial charge >= 0.3 is 5.97 Å². The number of nitrogens with zero attached hydrogens (tertiary/aromatic N) is 2. The first-order valence-electron chi connectivity index (χ1n) is 10.3. The number of hydrogen-bond donors (Lipinski definition) is 1. The smallest absolute Gasteiger partial charge is 0.336 e. The molecular weight excluding hydrogens is 396 g/mol. The molecule has 0 saturated heterocycles. The van der Waals surface area contributed by atoms with Crippen LogP contribution in [0.5, 0.6) is 0 Å². The number of hydrogen-bond acceptors (Lipinski definition) is 3. The van der Waals surface area contributed by atoms with Gasteiger partial charge in [-0.05, 0) is 97.2 Å². The molecule has 154 valence electrons. The average molecular weight is 421 g/mol. The van der Waals surface area contributed by atoms with E-state index in [0.717, 1.165) is 54.1 Å². The lowest BCUT2D eigenvalue weighted by molar-refractivity contribution is 0.0695. The zero-order valence-corrected chi connectivity index (χ0v) is 17.8. The number of aryl methyl sites for hydroxylation is 2. The van der Waals surface area contributed by atoms with Gasteiger partial charge in [-0.25, -0.2) is 4.79 Å². The summed E-state index contributed by atoms with van der Waals surface area (Å²) in [6, 6.07) is 16.2. The van der Waals surface area contributed by atoms with E-state index in [2.05, 4.69) is 35.1 Å². The predicted octanol–water partition coefficient (Wildman–Crippen LogP) is 6.25. The van der Waals surface area contributed by atoms with Gasteiger partial charge in [0.1, 0.15) is 0 Å². The van der Waals surface area contributed by atoms with Gasteiger partial charge in [0, 0.05) is 35.8 Å².